The fourth-order valence-corrected chi connectivity index (χ4v) is 4.19. The largest absolute Gasteiger partial charge is 0.339 e. The zero-order chi connectivity index (χ0) is 16.3. The minimum absolute atomic E-state index is 0.345. The number of nitrogens with zero attached hydrogens (tertiary/aromatic N) is 2. The average Bonchev–Trinajstić information content (AvgIpc) is 2.83. The number of thiazole rings is 1. The van der Waals surface area contributed by atoms with Gasteiger partial charge in [-0.3, -0.25) is 4.79 Å². The third-order valence-electron chi connectivity index (χ3n) is 4.88. The molecule has 22 heavy (non-hydrogen) atoms. The summed E-state index contributed by atoms with van der Waals surface area (Å²) in [5.74, 6) is 1.36. The molecule has 1 heterocycles. The lowest BCUT2D eigenvalue weighted by Gasteiger charge is -2.35. The molecule has 0 fully saturated rings. The van der Waals surface area contributed by atoms with Crippen molar-refractivity contribution in [2.45, 2.75) is 72.8 Å². The van der Waals surface area contributed by atoms with E-state index in [1.807, 2.05) is 11.3 Å². The van der Waals surface area contributed by atoms with Gasteiger partial charge in [-0.2, -0.15) is 0 Å². The fraction of sp³-hybridized carbons (Fsp3) is 0.778. The predicted molar refractivity (Wildman–Crippen MR) is 93.3 cm³/mol. The third-order valence-corrected chi connectivity index (χ3v) is 5.92. The molecule has 1 aromatic heterocycles. The van der Waals surface area contributed by atoms with Crippen molar-refractivity contribution in [1.82, 2.24) is 9.88 Å². The van der Waals surface area contributed by atoms with Gasteiger partial charge in [-0.1, -0.05) is 27.7 Å². The van der Waals surface area contributed by atoms with Crippen LogP contribution in [-0.2, 0) is 17.6 Å². The highest BCUT2D eigenvalue weighted by Crippen LogP contribution is 2.30. The molecule has 1 aromatic rings. The van der Waals surface area contributed by atoms with E-state index in [9.17, 15) is 4.79 Å². The summed E-state index contributed by atoms with van der Waals surface area (Å²) in [5, 5.41) is 1.16. The molecule has 1 aliphatic rings. The van der Waals surface area contributed by atoms with E-state index in [4.69, 9.17) is 0 Å². The normalized spacial score (nSPS) is 19.1. The first kappa shape index (κ1) is 17.5. The number of carbonyl (C=O) groups is 1. The Morgan fingerprint density at radius 3 is 2.77 bits per heavy atom. The average molecular weight is 323 g/mol. The van der Waals surface area contributed by atoms with E-state index in [0.29, 0.717) is 30.2 Å². The van der Waals surface area contributed by atoms with Crippen LogP contribution in [0.5, 0.6) is 0 Å². The molecule has 2 unspecified atom stereocenters. The van der Waals surface area contributed by atoms with Gasteiger partial charge in [0.25, 0.3) is 0 Å². The molecule has 2 atom stereocenters. The van der Waals surface area contributed by atoms with Gasteiger partial charge in [0.15, 0.2) is 0 Å². The fourth-order valence-electron chi connectivity index (χ4n) is 3.13. The van der Waals surface area contributed by atoms with Gasteiger partial charge >= 0.3 is 0 Å². The molecule has 4 heteroatoms. The molecule has 0 spiro atoms. The van der Waals surface area contributed by atoms with E-state index in [1.165, 1.54) is 10.6 Å². The SMILES string of the molecule is CCCN(C(=O)CC(C)C(C)C)C1CCc2nc(C)sc2C1. The Kier molecular flexibility index (Phi) is 6.01. The van der Waals surface area contributed by atoms with Gasteiger partial charge in [0.2, 0.25) is 5.91 Å². The zero-order valence-corrected chi connectivity index (χ0v) is 15.5. The first-order chi connectivity index (χ1) is 10.4. The van der Waals surface area contributed by atoms with Gasteiger partial charge in [0, 0.05) is 30.3 Å². The van der Waals surface area contributed by atoms with Crippen LogP contribution in [0, 0.1) is 18.8 Å². The maximum Gasteiger partial charge on any atom is 0.223 e. The number of hydrogen-bond donors (Lipinski definition) is 0. The maximum atomic E-state index is 12.8. The van der Waals surface area contributed by atoms with Crippen molar-refractivity contribution >= 4 is 17.2 Å². The maximum absolute atomic E-state index is 12.8. The van der Waals surface area contributed by atoms with Crippen molar-refractivity contribution in [2.75, 3.05) is 6.54 Å². The highest BCUT2D eigenvalue weighted by atomic mass is 32.1. The van der Waals surface area contributed by atoms with E-state index < -0.39 is 0 Å². The topological polar surface area (TPSA) is 33.2 Å². The number of fused-ring (bicyclic) bond motifs is 1. The van der Waals surface area contributed by atoms with Crippen molar-refractivity contribution in [3.63, 3.8) is 0 Å². The summed E-state index contributed by atoms with van der Waals surface area (Å²) in [5.41, 5.74) is 1.28. The molecule has 1 aliphatic carbocycles. The van der Waals surface area contributed by atoms with Gasteiger partial charge in [0.1, 0.15) is 0 Å². The van der Waals surface area contributed by atoms with Crippen LogP contribution in [0.15, 0.2) is 0 Å². The van der Waals surface area contributed by atoms with Crippen molar-refractivity contribution in [3.8, 4) is 0 Å². The molecule has 124 valence electrons. The number of hydrogen-bond acceptors (Lipinski definition) is 3. The molecule has 0 N–H and O–H groups in total. The first-order valence-electron chi connectivity index (χ1n) is 8.67. The Morgan fingerprint density at radius 2 is 2.14 bits per heavy atom. The number of amides is 1. The van der Waals surface area contributed by atoms with Crippen molar-refractivity contribution in [2.24, 2.45) is 11.8 Å². The minimum atomic E-state index is 0.345. The molecule has 2 rings (SSSR count). The number of aryl methyl sites for hydroxylation is 2. The highest BCUT2D eigenvalue weighted by molar-refractivity contribution is 7.11. The molecule has 1 amide bonds. The van der Waals surface area contributed by atoms with E-state index in [1.54, 1.807) is 0 Å². The second-order valence-corrected chi connectivity index (χ2v) is 8.30. The molecule has 0 saturated heterocycles. The van der Waals surface area contributed by atoms with Gasteiger partial charge in [-0.05, 0) is 38.0 Å². The summed E-state index contributed by atoms with van der Waals surface area (Å²) >= 11 is 1.81. The van der Waals surface area contributed by atoms with Crippen molar-refractivity contribution < 1.29 is 4.79 Å². The molecular formula is C18H30N2OS. The predicted octanol–water partition coefficient (Wildman–Crippen LogP) is 4.23. The lowest BCUT2D eigenvalue weighted by atomic mass is 9.92. The molecule has 0 saturated carbocycles. The molecular weight excluding hydrogens is 292 g/mol. The molecule has 0 aliphatic heterocycles. The smallest absolute Gasteiger partial charge is 0.223 e. The number of carbonyl (C=O) groups excluding carboxylic acids is 1. The van der Waals surface area contributed by atoms with Crippen LogP contribution in [0.4, 0.5) is 0 Å². The van der Waals surface area contributed by atoms with Crippen molar-refractivity contribution in [3.05, 3.63) is 15.6 Å². The van der Waals surface area contributed by atoms with E-state index >= 15 is 0 Å². The van der Waals surface area contributed by atoms with Crippen LogP contribution >= 0.6 is 11.3 Å². The van der Waals surface area contributed by atoms with Crippen molar-refractivity contribution in [1.29, 1.82) is 0 Å². The Hall–Kier alpha value is -0.900. The van der Waals surface area contributed by atoms with E-state index in [0.717, 1.165) is 37.2 Å². The molecule has 0 aromatic carbocycles. The van der Waals surface area contributed by atoms with E-state index in [2.05, 4.69) is 44.5 Å². The van der Waals surface area contributed by atoms with Gasteiger partial charge < -0.3 is 4.90 Å². The Balaban J connectivity index is 2.06. The van der Waals surface area contributed by atoms with Crippen LogP contribution in [0.1, 0.15) is 62.5 Å². The highest BCUT2D eigenvalue weighted by Gasteiger charge is 2.29. The Morgan fingerprint density at radius 1 is 1.41 bits per heavy atom. The number of rotatable bonds is 6. The van der Waals surface area contributed by atoms with E-state index in [-0.39, 0.29) is 0 Å². The van der Waals surface area contributed by atoms with Gasteiger partial charge in [-0.15, -0.1) is 11.3 Å². The lowest BCUT2D eigenvalue weighted by Crippen LogP contribution is -2.44. The zero-order valence-electron chi connectivity index (χ0n) is 14.7. The minimum Gasteiger partial charge on any atom is -0.339 e. The summed E-state index contributed by atoms with van der Waals surface area (Å²) in [6.07, 6.45) is 4.81. The van der Waals surface area contributed by atoms with Crippen LogP contribution in [0.3, 0.4) is 0 Å². The van der Waals surface area contributed by atoms with Crippen LogP contribution in [-0.4, -0.2) is 28.4 Å². The van der Waals surface area contributed by atoms with Crippen LogP contribution < -0.4 is 0 Å². The summed E-state index contributed by atoms with van der Waals surface area (Å²) < 4.78 is 0. The standard InChI is InChI=1S/C18H30N2OS/c1-6-9-20(18(21)10-13(4)12(2)3)15-7-8-16-17(11-15)22-14(5)19-16/h12-13,15H,6-11H2,1-5H3. The summed E-state index contributed by atoms with van der Waals surface area (Å²) in [6.45, 7) is 11.7. The van der Waals surface area contributed by atoms with Gasteiger partial charge in [-0.25, -0.2) is 4.98 Å². The van der Waals surface area contributed by atoms with Crippen LogP contribution in [0.25, 0.3) is 0 Å². The molecule has 0 radical (unpaired) electrons. The monoisotopic (exact) mass is 322 g/mol. The summed E-state index contributed by atoms with van der Waals surface area (Å²) in [6, 6.07) is 0.374. The molecule has 3 nitrogen and oxygen atoms in total. The Labute approximate surface area is 139 Å². The second-order valence-electron chi connectivity index (χ2n) is 7.01. The summed E-state index contributed by atoms with van der Waals surface area (Å²) in [4.78, 5) is 21.0. The first-order valence-corrected chi connectivity index (χ1v) is 9.48. The van der Waals surface area contributed by atoms with Gasteiger partial charge in [0.05, 0.1) is 10.7 Å². The van der Waals surface area contributed by atoms with Crippen LogP contribution in [0.2, 0.25) is 0 Å². The second kappa shape index (κ2) is 7.58. The number of aromatic nitrogens is 1. The Bertz CT molecular complexity index is 509. The third kappa shape index (κ3) is 4.09. The summed E-state index contributed by atoms with van der Waals surface area (Å²) in [7, 11) is 0. The lowest BCUT2D eigenvalue weighted by molar-refractivity contribution is -0.135. The molecule has 0 bridgehead atoms. The quantitative estimate of drug-likeness (QED) is 0.785.